The zero-order chi connectivity index (χ0) is 42.1. The van der Waals surface area contributed by atoms with E-state index in [1.54, 1.807) is 36.0 Å². The van der Waals surface area contributed by atoms with Crippen LogP contribution in [0.15, 0.2) is 143 Å². The summed E-state index contributed by atoms with van der Waals surface area (Å²) in [6.45, 7) is 3.32. The monoisotopic (exact) mass is 844 g/mol. The van der Waals surface area contributed by atoms with Gasteiger partial charge in [-0.2, -0.15) is 0 Å². The third-order valence-corrected chi connectivity index (χ3v) is 11.4. The molecule has 0 aliphatic carbocycles. The lowest BCUT2D eigenvalue weighted by molar-refractivity contribution is -0.169. The molecule has 2 amide bonds. The number of esters is 1. The smallest absolute Gasteiger partial charge is 0.434 e. The van der Waals surface area contributed by atoms with Crippen LogP contribution in [0.4, 0.5) is 9.93 Å². The van der Waals surface area contributed by atoms with Gasteiger partial charge < -0.3 is 30.1 Å². The first-order valence-electron chi connectivity index (χ1n) is 18.9. The lowest BCUT2D eigenvalue weighted by atomic mass is 9.80. The third kappa shape index (κ3) is 8.94. The third-order valence-electron chi connectivity index (χ3n) is 9.39. The highest BCUT2D eigenvalue weighted by Gasteiger charge is 2.55. The van der Waals surface area contributed by atoms with E-state index >= 15 is 0 Å². The highest BCUT2D eigenvalue weighted by molar-refractivity contribution is 8.00. The van der Waals surface area contributed by atoms with Gasteiger partial charge in [-0.05, 0) is 23.6 Å². The molecule has 3 aromatic carbocycles. The number of β-lactam (4-membered cyclic amide) rings is 1. The number of thioether (sulfide) groups is 1. The molecule has 2 aromatic heterocycles. The summed E-state index contributed by atoms with van der Waals surface area (Å²) in [7, 11) is 0. The molecule has 60 heavy (non-hydrogen) atoms. The number of rotatable bonds is 15. The van der Waals surface area contributed by atoms with E-state index < -0.39 is 47.2 Å². The molecule has 2 aliphatic heterocycles. The quantitative estimate of drug-likeness (QED) is 0.0286. The molecular weight excluding hydrogens is 805 g/mol. The largest absolute Gasteiger partial charge is 0.511 e. The van der Waals surface area contributed by atoms with Crippen LogP contribution >= 0.6 is 23.1 Å². The van der Waals surface area contributed by atoms with E-state index in [2.05, 4.69) is 20.4 Å². The van der Waals surface area contributed by atoms with E-state index in [9.17, 15) is 19.2 Å². The Labute approximate surface area is 354 Å². The summed E-state index contributed by atoms with van der Waals surface area (Å²) in [4.78, 5) is 70.8. The van der Waals surface area contributed by atoms with Gasteiger partial charge in [-0.3, -0.25) is 19.5 Å². The Balaban J connectivity index is 1.20. The molecule has 1 fully saturated rings. The van der Waals surface area contributed by atoms with Gasteiger partial charge in [0.25, 0.3) is 11.8 Å². The summed E-state index contributed by atoms with van der Waals surface area (Å²) >= 11 is 2.45. The molecule has 3 atom stereocenters. The Kier molecular flexibility index (Phi) is 13.0. The topological polar surface area (TPSA) is 185 Å². The summed E-state index contributed by atoms with van der Waals surface area (Å²) in [6, 6.07) is 31.0. The molecule has 3 N–H and O–H groups in total. The Morgan fingerprint density at radius 2 is 1.60 bits per heavy atom. The summed E-state index contributed by atoms with van der Waals surface area (Å²) < 4.78 is 15.6. The van der Waals surface area contributed by atoms with Crippen molar-refractivity contribution in [1.82, 2.24) is 20.2 Å². The maximum absolute atomic E-state index is 14.4. The number of benzene rings is 3. The first kappa shape index (κ1) is 41.4. The number of hydrogen-bond acceptors (Lipinski definition) is 14. The number of aromatic nitrogens is 2. The summed E-state index contributed by atoms with van der Waals surface area (Å²) in [5.74, 6) is -1.99. The van der Waals surface area contributed by atoms with Gasteiger partial charge in [-0.15, -0.1) is 23.1 Å². The maximum atomic E-state index is 14.4. The highest BCUT2D eigenvalue weighted by atomic mass is 32.2. The van der Waals surface area contributed by atoms with Crippen LogP contribution < -0.4 is 11.1 Å². The van der Waals surface area contributed by atoms with Gasteiger partial charge in [0, 0.05) is 47.1 Å². The van der Waals surface area contributed by atoms with Crippen LogP contribution in [0.2, 0.25) is 0 Å². The van der Waals surface area contributed by atoms with Gasteiger partial charge in [0.1, 0.15) is 22.8 Å². The molecule has 16 heteroatoms. The number of nitrogens with zero attached hydrogens (tertiary/aromatic N) is 4. The Bertz CT molecular complexity index is 2320. The van der Waals surface area contributed by atoms with Gasteiger partial charge in [-0.25, -0.2) is 14.6 Å². The fraction of sp³-hybridized carbons (Fsp3) is 0.205. The second kappa shape index (κ2) is 18.9. The molecule has 1 saturated heterocycles. The van der Waals surface area contributed by atoms with Crippen molar-refractivity contribution in [2.24, 2.45) is 5.16 Å². The van der Waals surface area contributed by atoms with E-state index in [-0.39, 0.29) is 34.6 Å². The Morgan fingerprint density at radius 3 is 2.17 bits per heavy atom. The summed E-state index contributed by atoms with van der Waals surface area (Å²) in [5, 5.41) is 8.42. The molecule has 5 aromatic rings. The number of carbonyl (C=O) groups excluding carboxylic acids is 4. The SMILES string of the molecule is CCCOC(=O)OC(C)OC(=O)C1=C(/C=C\c2cccnc2)CS[C@@H]2[C@H](NC(=O)C(=NOC(c3ccccc3)(c3ccccc3)c3ccccc3)c3csc(N)n3)C(=O)N12. The first-order valence-corrected chi connectivity index (χ1v) is 20.9. The predicted molar refractivity (Wildman–Crippen MR) is 227 cm³/mol. The van der Waals surface area contributed by atoms with Crippen molar-refractivity contribution < 1.29 is 38.2 Å². The lowest BCUT2D eigenvalue weighted by Gasteiger charge is -2.49. The van der Waals surface area contributed by atoms with Crippen molar-refractivity contribution in [2.45, 2.75) is 43.6 Å². The van der Waals surface area contributed by atoms with Crippen LogP contribution in [0.1, 0.15) is 48.2 Å². The molecule has 1 unspecified atom stereocenters. The van der Waals surface area contributed by atoms with Crippen molar-refractivity contribution in [3.63, 3.8) is 0 Å². The number of fused-ring (bicyclic) bond motifs is 1. The minimum Gasteiger partial charge on any atom is -0.434 e. The van der Waals surface area contributed by atoms with Crippen LogP contribution in [-0.2, 0) is 39.0 Å². The fourth-order valence-corrected chi connectivity index (χ4v) is 8.48. The number of thiazole rings is 1. The molecule has 0 bridgehead atoms. The number of anilines is 1. The van der Waals surface area contributed by atoms with E-state index in [0.717, 1.165) is 33.6 Å². The molecule has 0 saturated carbocycles. The van der Waals surface area contributed by atoms with Crippen molar-refractivity contribution >= 4 is 64.0 Å². The summed E-state index contributed by atoms with van der Waals surface area (Å²) in [5.41, 5.74) is 8.01. The van der Waals surface area contributed by atoms with Crippen molar-refractivity contribution in [3.8, 4) is 0 Å². The number of oxime groups is 1. The molecule has 0 radical (unpaired) electrons. The van der Waals surface area contributed by atoms with E-state index in [1.807, 2.05) is 104 Å². The van der Waals surface area contributed by atoms with Crippen LogP contribution in [-0.4, -0.2) is 74.6 Å². The molecule has 4 heterocycles. The first-order chi connectivity index (χ1) is 29.2. The number of ether oxygens (including phenoxy) is 3. The summed E-state index contributed by atoms with van der Waals surface area (Å²) in [6.07, 6.45) is 4.98. The van der Waals surface area contributed by atoms with E-state index in [1.165, 1.54) is 23.6 Å². The average Bonchev–Trinajstić information content (AvgIpc) is 3.71. The zero-order valence-corrected chi connectivity index (χ0v) is 34.1. The molecule has 2 aliphatic rings. The van der Waals surface area contributed by atoms with Gasteiger partial charge in [0.2, 0.25) is 11.9 Å². The van der Waals surface area contributed by atoms with Gasteiger partial charge in [0.05, 0.1) is 6.61 Å². The Morgan fingerprint density at radius 1 is 0.950 bits per heavy atom. The van der Waals surface area contributed by atoms with Crippen molar-refractivity contribution in [2.75, 3.05) is 18.1 Å². The predicted octanol–water partition coefficient (Wildman–Crippen LogP) is 6.65. The van der Waals surface area contributed by atoms with Crippen molar-refractivity contribution in [1.29, 1.82) is 0 Å². The second-order valence-electron chi connectivity index (χ2n) is 13.4. The number of hydrogen-bond donors (Lipinski definition) is 2. The van der Waals surface area contributed by atoms with Gasteiger partial charge >= 0.3 is 12.1 Å². The number of amides is 2. The van der Waals surface area contributed by atoms with Crippen LogP contribution in [0.5, 0.6) is 0 Å². The second-order valence-corrected chi connectivity index (χ2v) is 15.4. The minimum atomic E-state index is -1.34. The van der Waals surface area contributed by atoms with E-state index in [0.29, 0.717) is 12.0 Å². The number of allylic oxidation sites excluding steroid dienone is 1. The molecule has 0 spiro atoms. The molecule has 306 valence electrons. The highest BCUT2D eigenvalue weighted by Crippen LogP contribution is 2.43. The number of nitrogen functional groups attached to an aromatic ring is 1. The number of nitrogens with one attached hydrogen (secondary N) is 1. The van der Waals surface area contributed by atoms with Crippen LogP contribution in [0.25, 0.3) is 6.08 Å². The number of carbonyl (C=O) groups is 4. The average molecular weight is 845 g/mol. The van der Waals surface area contributed by atoms with Crippen LogP contribution in [0.3, 0.4) is 0 Å². The molecule has 14 nitrogen and oxygen atoms in total. The fourth-order valence-electron chi connectivity index (χ4n) is 6.62. The van der Waals surface area contributed by atoms with E-state index in [4.69, 9.17) is 24.8 Å². The maximum Gasteiger partial charge on any atom is 0.511 e. The lowest BCUT2D eigenvalue weighted by Crippen LogP contribution is -2.71. The van der Waals surface area contributed by atoms with Crippen molar-refractivity contribution in [3.05, 3.63) is 166 Å². The zero-order valence-electron chi connectivity index (χ0n) is 32.5. The van der Waals surface area contributed by atoms with Gasteiger partial charge in [-0.1, -0.05) is 121 Å². The normalized spacial score (nSPS) is 17.0. The van der Waals surface area contributed by atoms with Gasteiger partial charge in [0.15, 0.2) is 10.8 Å². The standard InChI is InChI=1S/C44H40N6O8S2/c1-3-24-55-43(54)57-28(2)56-41(53)37-30(22-21-29-14-13-23-46-25-29)26-59-40-36(39(52)50(37)40)48-38(51)35(34-27-60-42(45)47-34)49-58-44(31-15-7-4-8-16-31,32-17-9-5-10-18-32)33-19-11-6-12-20-33/h4-23,25,27-28,36,40H,3,24,26H2,1-2H3,(H2,45,47)(H,48,51)/b22-21-,49-35?/t28?,36-,40-/m1/s1. The number of pyridine rings is 1. The number of nitrogens with two attached hydrogens (primary N) is 1. The molecular formula is C44H40N6O8S2. The van der Waals surface area contributed by atoms with Crippen LogP contribution in [0, 0.1) is 0 Å². The molecule has 7 rings (SSSR count). The Hall–Kier alpha value is -6.78. The minimum absolute atomic E-state index is 0.0605.